The van der Waals surface area contributed by atoms with Crippen LogP contribution in [0.3, 0.4) is 0 Å². The summed E-state index contributed by atoms with van der Waals surface area (Å²) in [5.74, 6) is -0.852. The van der Waals surface area contributed by atoms with Crippen LogP contribution in [0.25, 0.3) is 0 Å². The fourth-order valence-electron chi connectivity index (χ4n) is 11.0. The van der Waals surface area contributed by atoms with Gasteiger partial charge in [-0.05, 0) is 83.5 Å². The van der Waals surface area contributed by atoms with E-state index in [0.29, 0.717) is 19.3 Å². The molecule has 0 aromatic carbocycles. The van der Waals surface area contributed by atoms with Crippen LogP contribution in [0.1, 0.15) is 393 Å². The van der Waals surface area contributed by atoms with Crippen molar-refractivity contribution in [3.05, 3.63) is 60.8 Å². The Morgan fingerprint density at radius 2 is 0.470 bits per heavy atom. The summed E-state index contributed by atoms with van der Waals surface area (Å²) < 4.78 is 17.0. The average molecular weight is 1160 g/mol. The summed E-state index contributed by atoms with van der Waals surface area (Å²) in [7, 11) is 0. The van der Waals surface area contributed by atoms with Crippen LogP contribution in [0.2, 0.25) is 0 Å². The van der Waals surface area contributed by atoms with Crippen molar-refractivity contribution in [2.75, 3.05) is 13.2 Å². The Labute approximate surface area is 517 Å². The first-order valence-electron chi connectivity index (χ1n) is 36.8. The zero-order chi connectivity index (χ0) is 59.9. The van der Waals surface area contributed by atoms with Crippen molar-refractivity contribution in [3.63, 3.8) is 0 Å². The Morgan fingerprint density at radius 1 is 0.253 bits per heavy atom. The molecular weight excluding hydrogens is 1020 g/mol. The molecule has 0 aliphatic carbocycles. The molecule has 0 heterocycles. The van der Waals surface area contributed by atoms with Gasteiger partial charge >= 0.3 is 17.9 Å². The molecule has 484 valence electrons. The van der Waals surface area contributed by atoms with Crippen LogP contribution in [-0.2, 0) is 28.6 Å². The van der Waals surface area contributed by atoms with E-state index in [1.165, 1.54) is 263 Å². The Bertz CT molecular complexity index is 1470. The van der Waals surface area contributed by atoms with Crippen LogP contribution in [0.5, 0.6) is 0 Å². The average Bonchev–Trinajstić information content (AvgIpc) is 3.49. The molecule has 6 nitrogen and oxygen atoms in total. The second-order valence-electron chi connectivity index (χ2n) is 24.8. The van der Waals surface area contributed by atoms with Gasteiger partial charge < -0.3 is 14.2 Å². The number of carbonyl (C=O) groups is 3. The van der Waals surface area contributed by atoms with Crippen LogP contribution in [0.4, 0.5) is 0 Å². The Morgan fingerprint density at radius 3 is 0.771 bits per heavy atom. The summed E-state index contributed by atoms with van der Waals surface area (Å²) >= 11 is 0. The summed E-state index contributed by atoms with van der Waals surface area (Å²) in [6.45, 7) is 6.57. The lowest BCUT2D eigenvalue weighted by Gasteiger charge is -2.18. The third kappa shape index (κ3) is 69.8. The third-order valence-corrected chi connectivity index (χ3v) is 16.5. The van der Waals surface area contributed by atoms with Gasteiger partial charge in [0, 0.05) is 19.3 Å². The van der Waals surface area contributed by atoms with Crippen molar-refractivity contribution in [2.45, 2.75) is 399 Å². The Hall–Kier alpha value is -2.89. The highest BCUT2D eigenvalue weighted by atomic mass is 16.6. The van der Waals surface area contributed by atoms with Gasteiger partial charge in [-0.15, -0.1) is 0 Å². The summed E-state index contributed by atoms with van der Waals surface area (Å²) in [4.78, 5) is 38.4. The van der Waals surface area contributed by atoms with E-state index in [2.05, 4.69) is 81.5 Å². The number of hydrogen-bond acceptors (Lipinski definition) is 6. The van der Waals surface area contributed by atoms with Crippen LogP contribution >= 0.6 is 0 Å². The molecule has 0 N–H and O–H groups in total. The second-order valence-corrected chi connectivity index (χ2v) is 24.8. The minimum absolute atomic E-state index is 0.0706. The molecule has 0 spiro atoms. The standard InChI is InChI=1S/C77H140O6/c1-4-7-10-13-16-19-22-25-27-29-31-33-35-36-37-38-39-40-41-42-43-45-46-48-50-52-55-58-61-64-67-70-76(79)82-73-74(72-81-75(78)69-66-63-60-57-54-24-21-18-15-12-9-6-3)83-77(80)71-68-65-62-59-56-53-51-49-47-44-34-32-30-28-26-23-20-17-14-11-8-5-2/h7,10,16,18-19,21,25,27,31,33,74H,4-6,8-9,11-15,17,20,22-24,26,28-30,32,34-73H2,1-3H3/b10-7-,19-16-,21-18-,27-25-,33-31-. The molecule has 0 rings (SSSR count). The van der Waals surface area contributed by atoms with Crippen LogP contribution in [0.15, 0.2) is 60.8 Å². The van der Waals surface area contributed by atoms with E-state index in [4.69, 9.17) is 14.2 Å². The monoisotopic (exact) mass is 1160 g/mol. The molecule has 0 radical (unpaired) electrons. The van der Waals surface area contributed by atoms with Gasteiger partial charge in [-0.3, -0.25) is 14.4 Å². The summed E-state index contributed by atoms with van der Waals surface area (Å²) in [5.41, 5.74) is 0. The molecule has 0 bridgehead atoms. The van der Waals surface area contributed by atoms with Crippen molar-refractivity contribution >= 4 is 17.9 Å². The first kappa shape index (κ1) is 80.1. The van der Waals surface area contributed by atoms with Gasteiger partial charge in [-0.1, -0.05) is 351 Å². The number of carbonyl (C=O) groups excluding carboxylic acids is 3. The number of unbranched alkanes of at least 4 members (excludes halogenated alkanes) is 47. The molecule has 1 unspecified atom stereocenters. The zero-order valence-electron chi connectivity index (χ0n) is 55.7. The van der Waals surface area contributed by atoms with E-state index >= 15 is 0 Å². The second kappa shape index (κ2) is 71.6. The predicted molar refractivity (Wildman–Crippen MR) is 362 cm³/mol. The third-order valence-electron chi connectivity index (χ3n) is 16.5. The molecule has 1 atom stereocenters. The van der Waals surface area contributed by atoms with Crippen molar-refractivity contribution in [1.82, 2.24) is 0 Å². The number of rotatable bonds is 68. The first-order chi connectivity index (χ1) is 41.0. The Balaban J connectivity index is 4.15. The quantitative estimate of drug-likeness (QED) is 0.0261. The maximum Gasteiger partial charge on any atom is 0.306 e. The molecule has 0 saturated heterocycles. The van der Waals surface area contributed by atoms with Crippen LogP contribution < -0.4 is 0 Å². The smallest absolute Gasteiger partial charge is 0.306 e. The molecule has 0 saturated carbocycles. The molecule has 0 amide bonds. The van der Waals surface area contributed by atoms with Crippen LogP contribution in [0, 0.1) is 0 Å². The molecule has 0 aromatic heterocycles. The number of allylic oxidation sites excluding steroid dienone is 10. The van der Waals surface area contributed by atoms with Gasteiger partial charge in [-0.25, -0.2) is 0 Å². The summed E-state index contributed by atoms with van der Waals surface area (Å²) in [5, 5.41) is 0. The summed E-state index contributed by atoms with van der Waals surface area (Å²) in [6.07, 6.45) is 92.7. The first-order valence-corrected chi connectivity index (χ1v) is 36.8. The van der Waals surface area contributed by atoms with Gasteiger partial charge in [-0.2, -0.15) is 0 Å². The van der Waals surface area contributed by atoms with Crippen molar-refractivity contribution < 1.29 is 28.6 Å². The van der Waals surface area contributed by atoms with E-state index in [1.54, 1.807) is 0 Å². The molecule has 0 aromatic rings. The van der Waals surface area contributed by atoms with Gasteiger partial charge in [0.2, 0.25) is 0 Å². The van der Waals surface area contributed by atoms with E-state index in [9.17, 15) is 14.4 Å². The summed E-state index contributed by atoms with van der Waals surface area (Å²) in [6, 6.07) is 0. The minimum Gasteiger partial charge on any atom is -0.462 e. The number of esters is 3. The fourth-order valence-corrected chi connectivity index (χ4v) is 11.0. The van der Waals surface area contributed by atoms with Gasteiger partial charge in [0.1, 0.15) is 13.2 Å². The highest BCUT2D eigenvalue weighted by Gasteiger charge is 2.19. The van der Waals surface area contributed by atoms with E-state index in [-0.39, 0.29) is 31.1 Å². The lowest BCUT2D eigenvalue weighted by Crippen LogP contribution is -2.30. The molecule has 6 heteroatoms. The largest absolute Gasteiger partial charge is 0.462 e. The van der Waals surface area contributed by atoms with E-state index in [1.807, 2.05) is 0 Å². The normalized spacial score (nSPS) is 12.4. The zero-order valence-corrected chi connectivity index (χ0v) is 55.7. The topological polar surface area (TPSA) is 78.9 Å². The molecule has 0 aliphatic heterocycles. The number of ether oxygens (including phenoxy) is 3. The van der Waals surface area contributed by atoms with Crippen molar-refractivity contribution in [1.29, 1.82) is 0 Å². The fraction of sp³-hybridized carbons (Fsp3) is 0.831. The van der Waals surface area contributed by atoms with E-state index < -0.39 is 6.10 Å². The van der Waals surface area contributed by atoms with Gasteiger partial charge in [0.15, 0.2) is 6.10 Å². The predicted octanol–water partition coefficient (Wildman–Crippen LogP) is 25.5. The Kier molecular flexibility index (Phi) is 69.1. The maximum atomic E-state index is 13.0. The highest BCUT2D eigenvalue weighted by molar-refractivity contribution is 5.71. The van der Waals surface area contributed by atoms with Crippen molar-refractivity contribution in [2.24, 2.45) is 0 Å². The molecule has 0 aliphatic rings. The SMILES string of the molecule is CC/C=C\C/C=C\C/C=C\C/C=C\CCCCCCCCCCCCCCCCCCCCC(=O)OCC(COC(=O)CCCCCCC/C=C\CCCCC)OC(=O)CCCCCCCCCCCCCCCCCCCCCCCC. The molecular formula is C77H140O6. The minimum atomic E-state index is -0.775. The maximum absolute atomic E-state index is 13.0. The lowest BCUT2D eigenvalue weighted by molar-refractivity contribution is -0.167. The van der Waals surface area contributed by atoms with Crippen molar-refractivity contribution in [3.8, 4) is 0 Å². The molecule has 0 fully saturated rings. The van der Waals surface area contributed by atoms with Gasteiger partial charge in [0.25, 0.3) is 0 Å². The highest BCUT2D eigenvalue weighted by Crippen LogP contribution is 2.19. The van der Waals surface area contributed by atoms with Crippen LogP contribution in [-0.4, -0.2) is 37.2 Å². The molecule has 83 heavy (non-hydrogen) atoms. The lowest BCUT2D eigenvalue weighted by atomic mass is 10.0. The van der Waals surface area contributed by atoms with Gasteiger partial charge in [0.05, 0.1) is 0 Å². The van der Waals surface area contributed by atoms with E-state index in [0.717, 1.165) is 89.9 Å². The number of hydrogen-bond donors (Lipinski definition) is 0.